The highest BCUT2D eigenvalue weighted by Gasteiger charge is 2.35. The number of rotatable bonds is 9. The maximum atomic E-state index is 14.1. The molecule has 0 aliphatic carbocycles. The minimum Gasteiger partial charge on any atom is -0.493 e. The lowest BCUT2D eigenvalue weighted by Gasteiger charge is -2.26. The number of nitrogens with zero attached hydrogens (tertiary/aromatic N) is 2. The molecule has 2 heterocycles. The van der Waals surface area contributed by atoms with Crippen molar-refractivity contribution in [3.8, 4) is 29.6 Å². The minimum atomic E-state index is -0.836. The zero-order valence-electron chi connectivity index (χ0n) is 23.3. The minimum absolute atomic E-state index is 0.161. The van der Waals surface area contributed by atoms with Gasteiger partial charge >= 0.3 is 5.97 Å². The Morgan fingerprint density at radius 3 is 2.45 bits per heavy atom. The van der Waals surface area contributed by atoms with E-state index in [1.807, 2.05) is 48.5 Å². The number of thiazole rings is 1. The lowest BCUT2D eigenvalue weighted by Crippen LogP contribution is -2.40. The topological polar surface area (TPSA) is 88.3 Å². The average Bonchev–Trinajstić information content (AvgIpc) is 3.34. The Bertz CT molecular complexity index is 1860. The molecule has 1 atom stereocenters. The van der Waals surface area contributed by atoms with Crippen LogP contribution in [0.25, 0.3) is 11.8 Å². The second-order valence-corrected chi connectivity index (χ2v) is 10.1. The van der Waals surface area contributed by atoms with Crippen molar-refractivity contribution in [1.29, 1.82) is 0 Å². The number of esters is 1. The number of carbonyl (C=O) groups excluding carboxylic acids is 1. The molecule has 3 aromatic carbocycles. The van der Waals surface area contributed by atoms with E-state index in [-0.39, 0.29) is 24.3 Å². The number of methoxy groups -OCH3 is 2. The molecule has 0 bridgehead atoms. The number of hydrogen-bond donors (Lipinski definition) is 0. The van der Waals surface area contributed by atoms with Gasteiger partial charge < -0.3 is 18.9 Å². The standard InChI is InChI=1S/C33H28N2O6S/c1-5-18-41-24-15-12-21(13-16-24)19-27-31(36)35-30(23-14-17-25(38-3)26(20-23)39-4)28(32(37)40-6-2)29(34-33(35)42-27)22-10-8-7-9-11-22/h1,7-17,19-20,30H,6,18H2,2-4H3/b27-19-/t30-/m0/s1. The van der Waals surface area contributed by atoms with Crippen molar-refractivity contribution >= 4 is 29.1 Å². The smallest absolute Gasteiger partial charge is 0.338 e. The normalized spacial score (nSPS) is 14.4. The number of fused-ring (bicyclic) bond motifs is 1. The third-order valence-corrected chi connectivity index (χ3v) is 7.58. The maximum absolute atomic E-state index is 14.1. The van der Waals surface area contributed by atoms with Gasteiger partial charge in [0, 0.05) is 5.56 Å². The van der Waals surface area contributed by atoms with Crippen molar-refractivity contribution in [1.82, 2.24) is 4.57 Å². The average molecular weight is 581 g/mol. The summed E-state index contributed by atoms with van der Waals surface area (Å²) in [6.45, 7) is 2.07. The number of benzene rings is 3. The Labute approximate surface area is 246 Å². The first-order chi connectivity index (χ1) is 20.5. The fraction of sp³-hybridized carbons (Fsp3) is 0.182. The van der Waals surface area contributed by atoms with Crippen LogP contribution >= 0.6 is 11.3 Å². The van der Waals surface area contributed by atoms with Crippen LogP contribution in [-0.2, 0) is 9.53 Å². The summed E-state index contributed by atoms with van der Waals surface area (Å²) in [6.07, 6.45) is 7.07. The van der Waals surface area contributed by atoms with Crippen LogP contribution in [0.4, 0.5) is 0 Å². The van der Waals surface area contributed by atoms with Gasteiger partial charge in [0.15, 0.2) is 16.3 Å². The summed E-state index contributed by atoms with van der Waals surface area (Å²) >= 11 is 1.24. The van der Waals surface area contributed by atoms with Crippen molar-refractivity contribution in [3.05, 3.63) is 115 Å². The molecule has 0 unspecified atom stereocenters. The third kappa shape index (κ3) is 5.57. The van der Waals surface area contributed by atoms with E-state index in [0.29, 0.717) is 37.8 Å². The van der Waals surface area contributed by atoms with Crippen LogP contribution in [-0.4, -0.2) is 38.0 Å². The molecule has 1 aliphatic heterocycles. The molecule has 0 N–H and O–H groups in total. The molecule has 0 amide bonds. The van der Waals surface area contributed by atoms with Gasteiger partial charge in [-0.05, 0) is 48.4 Å². The van der Waals surface area contributed by atoms with Crippen LogP contribution in [0.2, 0.25) is 0 Å². The van der Waals surface area contributed by atoms with E-state index in [9.17, 15) is 9.59 Å². The predicted molar refractivity (Wildman–Crippen MR) is 161 cm³/mol. The summed E-state index contributed by atoms with van der Waals surface area (Å²) in [5.74, 6) is 3.49. The molecule has 0 saturated carbocycles. The fourth-order valence-corrected chi connectivity index (χ4v) is 5.72. The molecular weight excluding hydrogens is 552 g/mol. The number of carbonyl (C=O) groups is 1. The second kappa shape index (κ2) is 12.6. The lowest BCUT2D eigenvalue weighted by molar-refractivity contribution is -0.138. The van der Waals surface area contributed by atoms with Gasteiger partial charge in [-0.1, -0.05) is 65.8 Å². The highest BCUT2D eigenvalue weighted by Crippen LogP contribution is 2.38. The fourth-order valence-electron chi connectivity index (χ4n) is 4.72. The molecule has 212 valence electrons. The molecule has 4 aromatic rings. The van der Waals surface area contributed by atoms with Crippen LogP contribution in [0.15, 0.2) is 88.2 Å². The van der Waals surface area contributed by atoms with E-state index in [1.54, 1.807) is 48.9 Å². The molecule has 0 spiro atoms. The van der Waals surface area contributed by atoms with Gasteiger partial charge in [-0.2, -0.15) is 0 Å². The molecule has 1 aliphatic rings. The van der Waals surface area contributed by atoms with Crippen molar-refractivity contribution in [2.24, 2.45) is 4.99 Å². The Hall–Kier alpha value is -5.07. The van der Waals surface area contributed by atoms with E-state index in [4.69, 9.17) is 30.4 Å². The highest BCUT2D eigenvalue weighted by molar-refractivity contribution is 7.07. The van der Waals surface area contributed by atoms with Gasteiger partial charge in [0.05, 0.1) is 42.7 Å². The molecule has 5 rings (SSSR count). The third-order valence-electron chi connectivity index (χ3n) is 6.60. The van der Waals surface area contributed by atoms with Gasteiger partial charge in [0.2, 0.25) is 0 Å². The largest absolute Gasteiger partial charge is 0.493 e. The first-order valence-corrected chi connectivity index (χ1v) is 14.0. The van der Waals surface area contributed by atoms with Crippen molar-refractivity contribution in [2.45, 2.75) is 13.0 Å². The second-order valence-electron chi connectivity index (χ2n) is 9.11. The Morgan fingerprint density at radius 1 is 1.05 bits per heavy atom. The zero-order chi connectivity index (χ0) is 29.6. The number of terminal acetylenes is 1. The van der Waals surface area contributed by atoms with Crippen LogP contribution in [0.5, 0.6) is 17.2 Å². The van der Waals surface area contributed by atoms with E-state index >= 15 is 0 Å². The maximum Gasteiger partial charge on any atom is 0.338 e. The monoisotopic (exact) mass is 580 g/mol. The summed E-state index contributed by atoms with van der Waals surface area (Å²) in [4.78, 5) is 33.0. The van der Waals surface area contributed by atoms with E-state index in [1.165, 1.54) is 18.4 Å². The number of aromatic nitrogens is 1. The molecule has 0 radical (unpaired) electrons. The van der Waals surface area contributed by atoms with E-state index in [2.05, 4.69) is 5.92 Å². The van der Waals surface area contributed by atoms with Gasteiger partial charge in [-0.25, -0.2) is 9.79 Å². The lowest BCUT2D eigenvalue weighted by atomic mass is 9.93. The van der Waals surface area contributed by atoms with Gasteiger partial charge in [-0.3, -0.25) is 9.36 Å². The Kier molecular flexibility index (Phi) is 8.55. The predicted octanol–water partition coefficient (Wildman–Crippen LogP) is 3.96. The van der Waals surface area contributed by atoms with E-state index in [0.717, 1.165) is 11.1 Å². The summed E-state index contributed by atoms with van der Waals surface area (Å²) in [7, 11) is 3.08. The van der Waals surface area contributed by atoms with Crippen LogP contribution in [0, 0.1) is 12.3 Å². The van der Waals surface area contributed by atoms with Crippen LogP contribution < -0.4 is 29.1 Å². The quantitative estimate of drug-likeness (QED) is 0.220. The summed E-state index contributed by atoms with van der Waals surface area (Å²) < 4.78 is 24.0. The van der Waals surface area contributed by atoms with E-state index < -0.39 is 12.0 Å². The molecular formula is C33H28N2O6S. The molecule has 1 aromatic heterocycles. The van der Waals surface area contributed by atoms with Crippen molar-refractivity contribution in [3.63, 3.8) is 0 Å². The Morgan fingerprint density at radius 2 is 1.79 bits per heavy atom. The van der Waals surface area contributed by atoms with Crippen molar-refractivity contribution in [2.75, 3.05) is 27.4 Å². The molecule has 0 saturated heterocycles. The molecule has 0 fully saturated rings. The summed E-state index contributed by atoms with van der Waals surface area (Å²) in [5, 5.41) is 0. The molecule has 8 nitrogen and oxygen atoms in total. The van der Waals surface area contributed by atoms with Gasteiger partial charge in [0.25, 0.3) is 5.56 Å². The molecule has 42 heavy (non-hydrogen) atoms. The van der Waals surface area contributed by atoms with Gasteiger partial charge in [0.1, 0.15) is 12.4 Å². The SMILES string of the molecule is C#CCOc1ccc(/C=c2\sc3n(c2=O)[C@@H](c2ccc(OC)c(OC)c2)C(C(=O)OCC)=C(c2ccccc2)N=3)cc1. The first-order valence-electron chi connectivity index (χ1n) is 13.2. The number of hydrogen-bond acceptors (Lipinski definition) is 8. The van der Waals surface area contributed by atoms with Gasteiger partial charge in [-0.15, -0.1) is 6.42 Å². The first kappa shape index (κ1) is 28.5. The van der Waals surface area contributed by atoms with Crippen molar-refractivity contribution < 1.29 is 23.7 Å². The summed E-state index contributed by atoms with van der Waals surface area (Å²) in [5.41, 5.74) is 2.57. The zero-order valence-corrected chi connectivity index (χ0v) is 24.1. The number of ether oxygens (including phenoxy) is 4. The molecule has 9 heteroatoms. The van der Waals surface area contributed by atoms with Crippen LogP contribution in [0.3, 0.4) is 0 Å². The Balaban J connectivity index is 1.76. The highest BCUT2D eigenvalue weighted by atomic mass is 32.1. The van der Waals surface area contributed by atoms with Crippen LogP contribution in [0.1, 0.15) is 29.7 Å². The summed E-state index contributed by atoms with van der Waals surface area (Å²) in [6, 6.07) is 21.1.